The van der Waals surface area contributed by atoms with Crippen molar-refractivity contribution in [3.05, 3.63) is 51.5 Å². The van der Waals surface area contributed by atoms with Crippen molar-refractivity contribution in [1.82, 2.24) is 9.88 Å². The number of rotatable bonds is 5. The Bertz CT molecular complexity index is 588. The first kappa shape index (κ1) is 15.0. The molecule has 1 aromatic carbocycles. The molecular formula is C14H16F2N2OS. The SMILES string of the molecule is Cc1csc(CN(C)CC(O)c2ccc(F)c(F)c2)n1. The van der Waals surface area contributed by atoms with Crippen LogP contribution < -0.4 is 0 Å². The highest BCUT2D eigenvalue weighted by atomic mass is 32.1. The topological polar surface area (TPSA) is 36.4 Å². The standard InChI is InChI=1S/C14H16F2N2OS/c1-9-8-20-14(17-9)7-18(2)6-13(19)10-3-4-11(15)12(16)5-10/h3-5,8,13,19H,6-7H2,1-2H3. The largest absolute Gasteiger partial charge is 0.387 e. The molecule has 1 unspecified atom stereocenters. The molecule has 0 aliphatic rings. The number of hydrogen-bond acceptors (Lipinski definition) is 4. The first-order valence-electron chi connectivity index (χ1n) is 6.18. The van der Waals surface area contributed by atoms with Crippen LogP contribution in [0.4, 0.5) is 8.78 Å². The number of thiazole rings is 1. The van der Waals surface area contributed by atoms with Gasteiger partial charge in [0.15, 0.2) is 11.6 Å². The van der Waals surface area contributed by atoms with E-state index in [1.54, 1.807) is 11.3 Å². The second-order valence-corrected chi connectivity index (χ2v) is 5.71. The maximum Gasteiger partial charge on any atom is 0.159 e. The van der Waals surface area contributed by atoms with Gasteiger partial charge in [-0.25, -0.2) is 13.8 Å². The third-order valence-corrected chi connectivity index (χ3v) is 3.84. The Kier molecular flexibility index (Phi) is 4.80. The lowest BCUT2D eigenvalue weighted by Crippen LogP contribution is -2.24. The molecule has 1 aromatic heterocycles. The van der Waals surface area contributed by atoms with Crippen LogP contribution in [0.5, 0.6) is 0 Å². The van der Waals surface area contributed by atoms with Gasteiger partial charge in [-0.15, -0.1) is 11.3 Å². The Hall–Kier alpha value is -1.37. The highest BCUT2D eigenvalue weighted by Crippen LogP contribution is 2.18. The van der Waals surface area contributed by atoms with Gasteiger partial charge in [0, 0.05) is 17.6 Å². The van der Waals surface area contributed by atoms with E-state index in [0.29, 0.717) is 18.7 Å². The quantitative estimate of drug-likeness (QED) is 0.922. The van der Waals surface area contributed by atoms with Gasteiger partial charge in [0.25, 0.3) is 0 Å². The molecule has 0 spiro atoms. The molecule has 0 radical (unpaired) electrons. The van der Waals surface area contributed by atoms with Crippen molar-refractivity contribution < 1.29 is 13.9 Å². The summed E-state index contributed by atoms with van der Waals surface area (Å²) in [7, 11) is 1.85. The zero-order valence-electron chi connectivity index (χ0n) is 11.3. The van der Waals surface area contributed by atoms with Gasteiger partial charge < -0.3 is 5.11 Å². The summed E-state index contributed by atoms with van der Waals surface area (Å²) in [4.78, 5) is 6.24. The minimum atomic E-state index is -0.945. The molecule has 0 amide bonds. The summed E-state index contributed by atoms with van der Waals surface area (Å²) >= 11 is 1.56. The predicted octanol–water partition coefficient (Wildman–Crippen LogP) is 2.90. The number of benzene rings is 1. The average Bonchev–Trinajstić information content (AvgIpc) is 2.77. The van der Waals surface area contributed by atoms with Crippen molar-refractivity contribution >= 4 is 11.3 Å². The molecule has 6 heteroatoms. The number of hydrogen-bond donors (Lipinski definition) is 1. The number of aryl methyl sites for hydroxylation is 1. The Morgan fingerprint density at radius 2 is 2.10 bits per heavy atom. The number of aliphatic hydroxyl groups excluding tert-OH is 1. The van der Waals surface area contributed by atoms with E-state index >= 15 is 0 Å². The molecule has 2 aromatic rings. The number of aromatic nitrogens is 1. The van der Waals surface area contributed by atoms with Crippen LogP contribution in [-0.4, -0.2) is 28.6 Å². The van der Waals surface area contributed by atoms with Gasteiger partial charge in [-0.3, -0.25) is 4.90 Å². The van der Waals surface area contributed by atoms with Crippen molar-refractivity contribution in [3.63, 3.8) is 0 Å². The zero-order chi connectivity index (χ0) is 14.7. The molecule has 0 saturated carbocycles. The van der Waals surface area contributed by atoms with E-state index in [1.807, 2.05) is 24.3 Å². The molecule has 0 fully saturated rings. The monoisotopic (exact) mass is 298 g/mol. The van der Waals surface area contributed by atoms with E-state index in [4.69, 9.17) is 0 Å². The van der Waals surface area contributed by atoms with Crippen LogP contribution in [0.25, 0.3) is 0 Å². The normalized spacial score (nSPS) is 12.9. The molecule has 1 atom stereocenters. The molecule has 3 nitrogen and oxygen atoms in total. The minimum absolute atomic E-state index is 0.323. The molecule has 1 heterocycles. The van der Waals surface area contributed by atoms with E-state index in [2.05, 4.69) is 4.98 Å². The number of nitrogens with zero attached hydrogens (tertiary/aromatic N) is 2. The van der Waals surface area contributed by atoms with Crippen molar-refractivity contribution in [1.29, 1.82) is 0 Å². The van der Waals surface area contributed by atoms with Gasteiger partial charge in [0.2, 0.25) is 0 Å². The molecular weight excluding hydrogens is 282 g/mol. The van der Waals surface area contributed by atoms with E-state index in [-0.39, 0.29) is 0 Å². The summed E-state index contributed by atoms with van der Waals surface area (Å²) in [5.41, 5.74) is 1.34. The fraction of sp³-hybridized carbons (Fsp3) is 0.357. The Morgan fingerprint density at radius 1 is 1.35 bits per heavy atom. The third-order valence-electron chi connectivity index (χ3n) is 2.88. The lowest BCUT2D eigenvalue weighted by Gasteiger charge is -2.19. The van der Waals surface area contributed by atoms with Crippen LogP contribution in [-0.2, 0) is 6.54 Å². The second-order valence-electron chi connectivity index (χ2n) is 4.77. The van der Waals surface area contributed by atoms with E-state index in [1.165, 1.54) is 6.07 Å². The fourth-order valence-corrected chi connectivity index (χ4v) is 2.74. The highest BCUT2D eigenvalue weighted by Gasteiger charge is 2.14. The third kappa shape index (κ3) is 3.82. The Labute approximate surface area is 120 Å². The summed E-state index contributed by atoms with van der Waals surface area (Å²) in [6, 6.07) is 3.45. The van der Waals surface area contributed by atoms with Gasteiger partial charge in [-0.2, -0.15) is 0 Å². The Balaban J connectivity index is 1.96. The molecule has 0 aliphatic heterocycles. The summed E-state index contributed by atoms with van der Waals surface area (Å²) in [5, 5.41) is 13.0. The van der Waals surface area contributed by atoms with E-state index in [9.17, 15) is 13.9 Å². The van der Waals surface area contributed by atoms with Crippen LogP contribution in [0.1, 0.15) is 22.4 Å². The van der Waals surface area contributed by atoms with Gasteiger partial charge in [0.1, 0.15) is 5.01 Å². The zero-order valence-corrected chi connectivity index (χ0v) is 12.1. The number of halogens is 2. The molecule has 0 bridgehead atoms. The molecule has 2 rings (SSSR count). The van der Waals surface area contributed by atoms with Crippen molar-refractivity contribution in [2.75, 3.05) is 13.6 Å². The highest BCUT2D eigenvalue weighted by molar-refractivity contribution is 7.09. The average molecular weight is 298 g/mol. The molecule has 20 heavy (non-hydrogen) atoms. The molecule has 0 aliphatic carbocycles. The van der Waals surface area contributed by atoms with Crippen molar-refractivity contribution in [3.8, 4) is 0 Å². The minimum Gasteiger partial charge on any atom is -0.387 e. The van der Waals surface area contributed by atoms with Crippen LogP contribution in [0, 0.1) is 18.6 Å². The summed E-state index contributed by atoms with van der Waals surface area (Å²) < 4.78 is 26.0. The Morgan fingerprint density at radius 3 is 2.70 bits per heavy atom. The summed E-state index contributed by atoms with van der Waals surface area (Å²) in [6.45, 7) is 2.86. The van der Waals surface area contributed by atoms with Gasteiger partial charge >= 0.3 is 0 Å². The molecule has 108 valence electrons. The summed E-state index contributed by atoms with van der Waals surface area (Å²) in [5.74, 6) is -1.85. The van der Waals surface area contributed by atoms with Gasteiger partial charge in [-0.1, -0.05) is 6.07 Å². The second kappa shape index (κ2) is 6.39. The smallest absolute Gasteiger partial charge is 0.159 e. The van der Waals surface area contributed by atoms with Crippen LogP contribution in [0.2, 0.25) is 0 Å². The van der Waals surface area contributed by atoms with Gasteiger partial charge in [0.05, 0.1) is 12.6 Å². The number of likely N-dealkylation sites (N-methyl/N-ethyl adjacent to an activating group) is 1. The number of aliphatic hydroxyl groups is 1. The van der Waals surface area contributed by atoms with Crippen LogP contribution >= 0.6 is 11.3 Å². The predicted molar refractivity (Wildman–Crippen MR) is 74.5 cm³/mol. The van der Waals surface area contributed by atoms with Gasteiger partial charge in [-0.05, 0) is 31.7 Å². The first-order valence-corrected chi connectivity index (χ1v) is 7.06. The molecule has 0 saturated heterocycles. The van der Waals surface area contributed by atoms with Crippen LogP contribution in [0.3, 0.4) is 0 Å². The fourth-order valence-electron chi connectivity index (χ4n) is 1.89. The first-order chi connectivity index (χ1) is 9.45. The van der Waals surface area contributed by atoms with Crippen molar-refractivity contribution in [2.24, 2.45) is 0 Å². The maximum absolute atomic E-state index is 13.1. The van der Waals surface area contributed by atoms with Crippen molar-refractivity contribution in [2.45, 2.75) is 19.6 Å². The van der Waals surface area contributed by atoms with E-state index < -0.39 is 17.7 Å². The maximum atomic E-state index is 13.1. The molecule has 1 N–H and O–H groups in total. The van der Waals surface area contributed by atoms with E-state index in [0.717, 1.165) is 22.8 Å². The van der Waals surface area contributed by atoms with Crippen LogP contribution in [0.15, 0.2) is 23.6 Å². The summed E-state index contributed by atoms with van der Waals surface area (Å²) in [6.07, 6.45) is -0.865. The lowest BCUT2D eigenvalue weighted by atomic mass is 10.1. The lowest BCUT2D eigenvalue weighted by molar-refractivity contribution is 0.123.